The molecule has 0 aliphatic rings. The SMILES string of the molecule is CCOC(=O)c1cccc(Cc2cc(Cl)ccc2OC=C(C)C)n1. The number of rotatable bonds is 6. The Morgan fingerprint density at radius 3 is 2.75 bits per heavy atom. The van der Waals surface area contributed by atoms with E-state index in [9.17, 15) is 4.79 Å². The van der Waals surface area contributed by atoms with Crippen LogP contribution in [-0.4, -0.2) is 17.6 Å². The Kier molecular flexibility index (Phi) is 6.38. The molecule has 2 aromatic rings. The molecule has 0 spiro atoms. The first-order valence-electron chi connectivity index (χ1n) is 7.71. The van der Waals surface area contributed by atoms with Crippen molar-refractivity contribution in [2.75, 3.05) is 6.61 Å². The maximum Gasteiger partial charge on any atom is 0.356 e. The Bertz CT molecular complexity index is 752. The Morgan fingerprint density at radius 2 is 2.04 bits per heavy atom. The first-order valence-corrected chi connectivity index (χ1v) is 8.09. The molecule has 24 heavy (non-hydrogen) atoms. The van der Waals surface area contributed by atoms with Gasteiger partial charge >= 0.3 is 5.97 Å². The van der Waals surface area contributed by atoms with Crippen molar-refractivity contribution in [2.24, 2.45) is 0 Å². The van der Waals surface area contributed by atoms with Gasteiger partial charge in [0, 0.05) is 22.7 Å². The highest BCUT2D eigenvalue weighted by Gasteiger charge is 2.11. The average Bonchev–Trinajstić information content (AvgIpc) is 2.54. The lowest BCUT2D eigenvalue weighted by atomic mass is 10.1. The molecule has 1 aromatic carbocycles. The second-order valence-electron chi connectivity index (χ2n) is 5.48. The normalized spacial score (nSPS) is 10.2. The van der Waals surface area contributed by atoms with Crippen molar-refractivity contribution in [2.45, 2.75) is 27.2 Å². The number of hydrogen-bond donors (Lipinski definition) is 0. The lowest BCUT2D eigenvalue weighted by molar-refractivity contribution is 0.0519. The predicted molar refractivity (Wildman–Crippen MR) is 94.5 cm³/mol. The minimum Gasteiger partial charge on any atom is -0.465 e. The molecule has 0 atom stereocenters. The first-order chi connectivity index (χ1) is 11.5. The van der Waals surface area contributed by atoms with Gasteiger partial charge in [-0.15, -0.1) is 0 Å². The smallest absolute Gasteiger partial charge is 0.356 e. The Labute approximate surface area is 147 Å². The number of allylic oxidation sites excluding steroid dienone is 1. The number of aromatic nitrogens is 1. The third-order valence-electron chi connectivity index (χ3n) is 3.11. The Balaban J connectivity index is 2.27. The molecule has 2 rings (SSSR count). The van der Waals surface area contributed by atoms with Crippen LogP contribution in [0.2, 0.25) is 5.02 Å². The van der Waals surface area contributed by atoms with Crippen LogP contribution in [0.1, 0.15) is 42.5 Å². The summed E-state index contributed by atoms with van der Waals surface area (Å²) < 4.78 is 10.7. The molecular weight excluding hydrogens is 326 g/mol. The average molecular weight is 346 g/mol. The van der Waals surface area contributed by atoms with Gasteiger partial charge in [-0.2, -0.15) is 0 Å². The van der Waals surface area contributed by atoms with Gasteiger partial charge in [-0.25, -0.2) is 9.78 Å². The van der Waals surface area contributed by atoms with Crippen LogP contribution in [0.25, 0.3) is 0 Å². The van der Waals surface area contributed by atoms with Crippen molar-refractivity contribution in [1.29, 1.82) is 0 Å². The summed E-state index contributed by atoms with van der Waals surface area (Å²) in [5.41, 5.74) is 2.99. The summed E-state index contributed by atoms with van der Waals surface area (Å²) in [6.07, 6.45) is 2.19. The van der Waals surface area contributed by atoms with Crippen LogP contribution >= 0.6 is 11.6 Å². The van der Waals surface area contributed by atoms with Gasteiger partial charge in [0.05, 0.1) is 12.9 Å². The van der Waals surface area contributed by atoms with E-state index < -0.39 is 5.97 Å². The van der Waals surface area contributed by atoms with Crippen molar-refractivity contribution in [3.63, 3.8) is 0 Å². The topological polar surface area (TPSA) is 48.4 Å². The molecule has 0 saturated heterocycles. The zero-order valence-corrected chi connectivity index (χ0v) is 14.8. The molecule has 0 saturated carbocycles. The zero-order valence-electron chi connectivity index (χ0n) is 14.0. The lowest BCUT2D eigenvalue weighted by Crippen LogP contribution is -2.08. The Morgan fingerprint density at radius 1 is 1.25 bits per heavy atom. The largest absolute Gasteiger partial charge is 0.465 e. The van der Waals surface area contributed by atoms with Gasteiger partial charge in [-0.05, 0) is 56.7 Å². The van der Waals surface area contributed by atoms with Crippen molar-refractivity contribution >= 4 is 17.6 Å². The minimum absolute atomic E-state index is 0.295. The van der Waals surface area contributed by atoms with Crippen molar-refractivity contribution < 1.29 is 14.3 Å². The summed E-state index contributed by atoms with van der Waals surface area (Å²) in [4.78, 5) is 16.2. The van der Waals surface area contributed by atoms with E-state index in [1.165, 1.54) is 0 Å². The van der Waals surface area contributed by atoms with Gasteiger partial charge in [-0.1, -0.05) is 17.7 Å². The fourth-order valence-corrected chi connectivity index (χ4v) is 2.27. The molecule has 0 fully saturated rings. The van der Waals surface area contributed by atoms with E-state index in [-0.39, 0.29) is 0 Å². The molecular formula is C19H20ClNO3. The summed E-state index contributed by atoms with van der Waals surface area (Å²) >= 11 is 6.10. The highest BCUT2D eigenvalue weighted by molar-refractivity contribution is 6.30. The van der Waals surface area contributed by atoms with E-state index in [2.05, 4.69) is 4.98 Å². The summed E-state index contributed by atoms with van der Waals surface area (Å²) in [5, 5.41) is 0.621. The summed E-state index contributed by atoms with van der Waals surface area (Å²) in [7, 11) is 0. The van der Waals surface area contributed by atoms with Crippen LogP contribution in [0, 0.1) is 0 Å². The van der Waals surface area contributed by atoms with E-state index in [1.807, 2.05) is 32.0 Å². The molecule has 0 unspecified atom stereocenters. The van der Waals surface area contributed by atoms with Crippen molar-refractivity contribution in [1.82, 2.24) is 4.98 Å². The van der Waals surface area contributed by atoms with E-state index >= 15 is 0 Å². The number of benzene rings is 1. The predicted octanol–water partition coefficient (Wildman–Crippen LogP) is 4.81. The number of hydrogen-bond acceptors (Lipinski definition) is 4. The van der Waals surface area contributed by atoms with Crippen LogP contribution in [0.5, 0.6) is 5.75 Å². The van der Waals surface area contributed by atoms with Gasteiger partial charge in [0.15, 0.2) is 0 Å². The fourth-order valence-electron chi connectivity index (χ4n) is 2.07. The highest BCUT2D eigenvalue weighted by atomic mass is 35.5. The monoisotopic (exact) mass is 345 g/mol. The second-order valence-corrected chi connectivity index (χ2v) is 5.91. The van der Waals surface area contributed by atoms with Crippen molar-refractivity contribution in [3.8, 4) is 5.75 Å². The molecule has 0 aliphatic heterocycles. The third-order valence-corrected chi connectivity index (χ3v) is 3.34. The minimum atomic E-state index is -0.425. The summed E-state index contributed by atoms with van der Waals surface area (Å²) in [6, 6.07) is 10.7. The molecule has 1 heterocycles. The first kappa shape index (κ1) is 18.0. The lowest BCUT2D eigenvalue weighted by Gasteiger charge is -2.10. The number of halogens is 1. The Hall–Kier alpha value is -2.33. The van der Waals surface area contributed by atoms with Crippen molar-refractivity contribution in [3.05, 3.63) is 70.2 Å². The maximum absolute atomic E-state index is 11.8. The second kappa shape index (κ2) is 8.50. The number of esters is 1. The van der Waals surface area contributed by atoms with Crippen LogP contribution in [0.15, 0.2) is 48.2 Å². The van der Waals surface area contributed by atoms with Crippen LogP contribution in [0.4, 0.5) is 0 Å². The molecule has 5 heteroatoms. The van der Waals surface area contributed by atoms with Gasteiger partial charge in [0.25, 0.3) is 0 Å². The number of carbonyl (C=O) groups is 1. The van der Waals surface area contributed by atoms with Gasteiger partial charge < -0.3 is 9.47 Å². The number of nitrogens with zero attached hydrogens (tertiary/aromatic N) is 1. The summed E-state index contributed by atoms with van der Waals surface area (Å²) in [5.74, 6) is 0.287. The number of pyridine rings is 1. The molecule has 126 valence electrons. The van der Waals surface area contributed by atoms with Crippen LogP contribution in [0.3, 0.4) is 0 Å². The van der Waals surface area contributed by atoms with E-state index in [0.29, 0.717) is 29.5 Å². The maximum atomic E-state index is 11.8. The molecule has 4 nitrogen and oxygen atoms in total. The summed E-state index contributed by atoms with van der Waals surface area (Å²) in [6.45, 7) is 6.00. The number of ether oxygens (including phenoxy) is 2. The van der Waals surface area contributed by atoms with Crippen LogP contribution in [-0.2, 0) is 11.2 Å². The molecule has 1 aromatic heterocycles. The van der Waals surface area contributed by atoms with Crippen LogP contribution < -0.4 is 4.74 Å². The van der Waals surface area contributed by atoms with Gasteiger partial charge in [0.2, 0.25) is 0 Å². The standard InChI is InChI=1S/C19H20ClNO3/c1-4-23-19(22)17-7-5-6-16(21-17)11-14-10-15(20)8-9-18(14)24-12-13(2)3/h5-10,12H,4,11H2,1-3H3. The quantitative estimate of drug-likeness (QED) is 0.557. The van der Waals surface area contributed by atoms with E-state index in [0.717, 1.165) is 16.8 Å². The van der Waals surface area contributed by atoms with Gasteiger partial charge in [-0.3, -0.25) is 0 Å². The molecule has 0 amide bonds. The molecule has 0 bridgehead atoms. The molecule has 0 aliphatic carbocycles. The van der Waals surface area contributed by atoms with Gasteiger partial charge in [0.1, 0.15) is 11.4 Å². The van der Waals surface area contributed by atoms with E-state index in [4.69, 9.17) is 21.1 Å². The number of carbonyl (C=O) groups excluding carboxylic acids is 1. The highest BCUT2D eigenvalue weighted by Crippen LogP contribution is 2.25. The zero-order chi connectivity index (χ0) is 17.5. The molecule has 0 radical (unpaired) electrons. The fraction of sp³-hybridized carbons (Fsp3) is 0.263. The van der Waals surface area contributed by atoms with E-state index in [1.54, 1.807) is 31.4 Å². The molecule has 0 N–H and O–H groups in total. The third kappa shape index (κ3) is 5.10.